The van der Waals surface area contributed by atoms with Gasteiger partial charge in [0.05, 0.1) is 5.41 Å². The fourth-order valence-electron chi connectivity index (χ4n) is 5.18. The van der Waals surface area contributed by atoms with Gasteiger partial charge in [-0.25, -0.2) is 0 Å². The van der Waals surface area contributed by atoms with Crippen molar-refractivity contribution < 1.29 is 20.4 Å². The van der Waals surface area contributed by atoms with Gasteiger partial charge in [0.2, 0.25) is 0 Å². The molecule has 0 radical (unpaired) electrons. The van der Waals surface area contributed by atoms with E-state index >= 15 is 0 Å². The van der Waals surface area contributed by atoms with E-state index in [1.807, 2.05) is 24.3 Å². The molecule has 140 valence electrons. The molecule has 4 aromatic rings. The molecule has 4 aromatic carbocycles. The second kappa shape index (κ2) is 5.11. The Bertz CT molecular complexity index is 1250. The van der Waals surface area contributed by atoms with Crippen LogP contribution in [0.1, 0.15) is 22.3 Å². The smallest absolute Gasteiger partial charge is 0.158 e. The molecule has 0 saturated carbocycles. The van der Waals surface area contributed by atoms with E-state index in [1.165, 1.54) is 12.1 Å². The minimum absolute atomic E-state index is 0.203. The van der Waals surface area contributed by atoms with Gasteiger partial charge in [-0.3, -0.25) is 0 Å². The molecule has 29 heavy (non-hydrogen) atoms. The molecule has 0 heterocycles. The van der Waals surface area contributed by atoms with Crippen molar-refractivity contribution in [3.05, 3.63) is 95.1 Å². The molecule has 0 saturated heterocycles. The van der Waals surface area contributed by atoms with Gasteiger partial charge in [-0.2, -0.15) is 0 Å². The summed E-state index contributed by atoms with van der Waals surface area (Å²) in [5, 5.41) is 41.1. The zero-order valence-corrected chi connectivity index (χ0v) is 15.2. The first-order valence-electron chi connectivity index (χ1n) is 9.36. The van der Waals surface area contributed by atoms with Gasteiger partial charge in [-0.1, -0.05) is 48.5 Å². The van der Waals surface area contributed by atoms with Crippen molar-refractivity contribution in [2.75, 3.05) is 0 Å². The van der Waals surface area contributed by atoms with E-state index in [0.717, 1.165) is 44.5 Å². The third-order valence-corrected chi connectivity index (χ3v) is 6.28. The number of hydrogen-bond donors (Lipinski definition) is 4. The van der Waals surface area contributed by atoms with Crippen LogP contribution in [0.15, 0.2) is 72.8 Å². The molecule has 4 N–H and O–H groups in total. The Balaban J connectivity index is 1.88. The first-order chi connectivity index (χ1) is 14.0. The standard InChI is InChI=1S/C25H16O4/c26-21-9-15-16-10-22(27)24(29)12-20(16)25(19(15)11-23(21)28)17-7-3-1-5-13(17)14-6-2-4-8-18(14)25/h1-12,26-29H. The van der Waals surface area contributed by atoms with Crippen LogP contribution in [-0.4, -0.2) is 20.4 Å². The molecule has 0 fully saturated rings. The molecule has 4 nitrogen and oxygen atoms in total. The topological polar surface area (TPSA) is 80.9 Å². The lowest BCUT2D eigenvalue weighted by Crippen LogP contribution is -2.25. The lowest BCUT2D eigenvalue weighted by molar-refractivity contribution is 0.403. The van der Waals surface area contributed by atoms with Crippen molar-refractivity contribution in [2.45, 2.75) is 5.41 Å². The van der Waals surface area contributed by atoms with Crippen LogP contribution in [-0.2, 0) is 5.41 Å². The second-order valence-corrected chi connectivity index (χ2v) is 7.61. The van der Waals surface area contributed by atoms with Gasteiger partial charge < -0.3 is 20.4 Å². The van der Waals surface area contributed by atoms with Crippen molar-refractivity contribution in [3.63, 3.8) is 0 Å². The van der Waals surface area contributed by atoms with Gasteiger partial charge in [0, 0.05) is 0 Å². The zero-order valence-electron chi connectivity index (χ0n) is 15.2. The van der Waals surface area contributed by atoms with Gasteiger partial charge in [-0.15, -0.1) is 0 Å². The van der Waals surface area contributed by atoms with Crippen LogP contribution in [0.4, 0.5) is 0 Å². The van der Waals surface area contributed by atoms with E-state index in [1.54, 1.807) is 12.1 Å². The molecule has 0 aliphatic heterocycles. The van der Waals surface area contributed by atoms with Crippen LogP contribution in [0.3, 0.4) is 0 Å². The van der Waals surface area contributed by atoms with Crippen LogP contribution < -0.4 is 0 Å². The van der Waals surface area contributed by atoms with Crippen molar-refractivity contribution in [3.8, 4) is 45.3 Å². The molecular formula is C25H16O4. The Hall–Kier alpha value is -3.92. The molecule has 0 aromatic heterocycles. The summed E-state index contributed by atoms with van der Waals surface area (Å²) in [7, 11) is 0. The molecule has 0 unspecified atom stereocenters. The SMILES string of the molecule is Oc1cc2c(cc1O)C1(c3ccccc3-c3ccccc31)c1cc(O)c(O)cc1-2. The highest BCUT2D eigenvalue weighted by molar-refractivity contribution is 5.96. The third kappa shape index (κ3) is 1.74. The average molecular weight is 380 g/mol. The van der Waals surface area contributed by atoms with Gasteiger partial charge in [0.15, 0.2) is 23.0 Å². The molecule has 4 heteroatoms. The Morgan fingerprint density at radius 1 is 0.414 bits per heavy atom. The number of aromatic hydroxyl groups is 4. The van der Waals surface area contributed by atoms with Gasteiger partial charge in [0.1, 0.15) is 0 Å². The maximum Gasteiger partial charge on any atom is 0.158 e. The minimum atomic E-state index is -0.756. The van der Waals surface area contributed by atoms with E-state index in [4.69, 9.17) is 0 Å². The predicted octanol–water partition coefficient (Wildman–Crippen LogP) is 4.85. The lowest BCUT2D eigenvalue weighted by atomic mass is 9.70. The fourth-order valence-corrected chi connectivity index (χ4v) is 5.18. The number of fused-ring (bicyclic) bond motifs is 10. The Kier molecular flexibility index (Phi) is 2.83. The molecule has 0 bridgehead atoms. The largest absolute Gasteiger partial charge is 0.504 e. The molecule has 6 rings (SSSR count). The number of phenols is 4. The van der Waals surface area contributed by atoms with Crippen molar-refractivity contribution in [2.24, 2.45) is 0 Å². The molecule has 2 aliphatic carbocycles. The third-order valence-electron chi connectivity index (χ3n) is 6.28. The first-order valence-corrected chi connectivity index (χ1v) is 9.36. The zero-order chi connectivity index (χ0) is 19.9. The molecule has 1 spiro atoms. The van der Waals surface area contributed by atoms with Crippen LogP contribution >= 0.6 is 0 Å². The number of rotatable bonds is 0. The van der Waals surface area contributed by atoms with Gasteiger partial charge in [-0.05, 0) is 68.8 Å². The monoisotopic (exact) mass is 380 g/mol. The maximum absolute atomic E-state index is 10.4. The van der Waals surface area contributed by atoms with E-state index < -0.39 is 5.41 Å². The Labute approximate surface area is 166 Å². The van der Waals surface area contributed by atoms with Crippen molar-refractivity contribution in [1.29, 1.82) is 0 Å². The molecule has 2 aliphatic rings. The van der Waals surface area contributed by atoms with E-state index in [0.29, 0.717) is 0 Å². The molecular weight excluding hydrogens is 364 g/mol. The summed E-state index contributed by atoms with van der Waals surface area (Å²) in [5.74, 6) is -0.852. The lowest BCUT2D eigenvalue weighted by Gasteiger charge is -2.30. The molecule has 0 atom stereocenters. The predicted molar refractivity (Wildman–Crippen MR) is 109 cm³/mol. The Morgan fingerprint density at radius 3 is 1.24 bits per heavy atom. The summed E-state index contributed by atoms with van der Waals surface area (Å²) in [6.45, 7) is 0. The summed E-state index contributed by atoms with van der Waals surface area (Å²) in [4.78, 5) is 0. The number of hydrogen-bond acceptors (Lipinski definition) is 4. The first kappa shape index (κ1) is 16.1. The van der Waals surface area contributed by atoms with E-state index in [2.05, 4.69) is 24.3 Å². The summed E-state index contributed by atoms with van der Waals surface area (Å²) in [6, 6.07) is 22.4. The highest BCUT2D eigenvalue weighted by atomic mass is 16.3. The molecule has 0 amide bonds. The summed E-state index contributed by atoms with van der Waals surface area (Å²) < 4.78 is 0. The second-order valence-electron chi connectivity index (χ2n) is 7.61. The van der Waals surface area contributed by atoms with Crippen LogP contribution in [0.2, 0.25) is 0 Å². The average Bonchev–Trinajstić information content (AvgIpc) is 3.16. The van der Waals surface area contributed by atoms with Crippen LogP contribution in [0, 0.1) is 0 Å². The van der Waals surface area contributed by atoms with E-state index in [9.17, 15) is 20.4 Å². The summed E-state index contributed by atoms with van der Waals surface area (Å²) >= 11 is 0. The van der Waals surface area contributed by atoms with Gasteiger partial charge >= 0.3 is 0 Å². The number of phenolic OH excluding ortho intramolecular Hbond substituents is 4. The van der Waals surface area contributed by atoms with Crippen molar-refractivity contribution >= 4 is 0 Å². The highest BCUT2D eigenvalue weighted by Gasteiger charge is 2.52. The van der Waals surface area contributed by atoms with Crippen LogP contribution in [0.25, 0.3) is 22.3 Å². The summed E-state index contributed by atoms with van der Waals surface area (Å²) in [6.07, 6.45) is 0. The van der Waals surface area contributed by atoms with Crippen LogP contribution in [0.5, 0.6) is 23.0 Å². The quantitative estimate of drug-likeness (QED) is 0.284. The minimum Gasteiger partial charge on any atom is -0.504 e. The van der Waals surface area contributed by atoms with Gasteiger partial charge in [0.25, 0.3) is 0 Å². The highest BCUT2D eigenvalue weighted by Crippen LogP contribution is 2.64. The fraction of sp³-hybridized carbons (Fsp3) is 0.0400. The summed E-state index contributed by atoms with van der Waals surface area (Å²) in [5.41, 5.74) is 6.55. The Morgan fingerprint density at radius 2 is 0.793 bits per heavy atom. The van der Waals surface area contributed by atoms with E-state index in [-0.39, 0.29) is 23.0 Å². The maximum atomic E-state index is 10.4. The van der Waals surface area contributed by atoms with Crippen molar-refractivity contribution in [1.82, 2.24) is 0 Å². The normalized spacial score (nSPS) is 14.3. The number of benzene rings is 4.